The van der Waals surface area contributed by atoms with Crippen molar-refractivity contribution in [1.29, 1.82) is 5.26 Å². The van der Waals surface area contributed by atoms with Gasteiger partial charge in [-0.1, -0.05) is 0 Å². The summed E-state index contributed by atoms with van der Waals surface area (Å²) in [6.45, 7) is 3.09. The maximum absolute atomic E-state index is 11.9. The third-order valence-electron chi connectivity index (χ3n) is 3.88. The molecule has 2 aliphatic rings. The predicted octanol–water partition coefficient (Wildman–Crippen LogP) is 2.48. The lowest BCUT2D eigenvalue weighted by atomic mass is 10.0. The highest BCUT2D eigenvalue weighted by Gasteiger charge is 2.32. The van der Waals surface area contributed by atoms with Crippen molar-refractivity contribution in [1.82, 2.24) is 4.90 Å². The number of amides is 2. The summed E-state index contributed by atoms with van der Waals surface area (Å²) in [5.74, 6) is 0.0963. The Morgan fingerprint density at radius 1 is 1.50 bits per heavy atom. The molecule has 0 atom stereocenters. The first-order valence-electron chi connectivity index (χ1n) is 7.41. The van der Waals surface area contributed by atoms with Gasteiger partial charge in [-0.2, -0.15) is 5.26 Å². The van der Waals surface area contributed by atoms with Gasteiger partial charge < -0.3 is 15.0 Å². The molecule has 116 valence electrons. The van der Waals surface area contributed by atoms with Crippen molar-refractivity contribution in [2.24, 2.45) is 5.92 Å². The molecule has 1 aliphatic carbocycles. The van der Waals surface area contributed by atoms with Crippen molar-refractivity contribution in [3.05, 3.63) is 16.0 Å². The van der Waals surface area contributed by atoms with E-state index in [0.29, 0.717) is 36.7 Å². The number of fused-ring (bicyclic) bond motifs is 1. The standard InChI is InChI=1S/C15H17N3O3S/c1-2-21-15(20)18-6-5-10-11(7-16)14(22-12(10)8-18)17-13(19)9-3-4-9/h9H,2-6,8H2,1H3,(H,17,19). The number of anilines is 1. The van der Waals surface area contributed by atoms with Crippen molar-refractivity contribution in [3.8, 4) is 6.07 Å². The molecule has 0 aromatic carbocycles. The third-order valence-corrected chi connectivity index (χ3v) is 5.01. The van der Waals surface area contributed by atoms with E-state index in [-0.39, 0.29) is 17.9 Å². The second-order valence-corrected chi connectivity index (χ2v) is 6.56. The molecule has 0 saturated heterocycles. The van der Waals surface area contributed by atoms with E-state index in [4.69, 9.17) is 4.74 Å². The highest BCUT2D eigenvalue weighted by atomic mass is 32.1. The van der Waals surface area contributed by atoms with Gasteiger partial charge in [-0.3, -0.25) is 4.79 Å². The van der Waals surface area contributed by atoms with Gasteiger partial charge in [-0.15, -0.1) is 11.3 Å². The van der Waals surface area contributed by atoms with E-state index >= 15 is 0 Å². The highest BCUT2D eigenvalue weighted by molar-refractivity contribution is 7.16. The molecular weight excluding hydrogens is 302 g/mol. The lowest BCUT2D eigenvalue weighted by Crippen LogP contribution is -2.35. The molecule has 0 radical (unpaired) electrons. The highest BCUT2D eigenvalue weighted by Crippen LogP contribution is 2.38. The Bertz CT molecular complexity index is 658. The van der Waals surface area contributed by atoms with Crippen LogP contribution < -0.4 is 5.32 Å². The van der Waals surface area contributed by atoms with Crippen molar-refractivity contribution in [2.45, 2.75) is 32.7 Å². The maximum atomic E-state index is 11.9. The minimum absolute atomic E-state index is 0.00246. The molecule has 0 unspecified atom stereocenters. The Morgan fingerprint density at radius 2 is 2.27 bits per heavy atom. The van der Waals surface area contributed by atoms with E-state index in [9.17, 15) is 14.9 Å². The average Bonchev–Trinajstić information content (AvgIpc) is 3.29. The van der Waals surface area contributed by atoms with Crippen LogP contribution in [0.2, 0.25) is 0 Å². The quantitative estimate of drug-likeness (QED) is 0.928. The fourth-order valence-corrected chi connectivity index (χ4v) is 3.76. The van der Waals surface area contributed by atoms with Crippen molar-refractivity contribution < 1.29 is 14.3 Å². The summed E-state index contributed by atoms with van der Waals surface area (Å²) in [4.78, 5) is 26.3. The summed E-state index contributed by atoms with van der Waals surface area (Å²) in [5, 5.41) is 12.9. The van der Waals surface area contributed by atoms with Gasteiger partial charge >= 0.3 is 6.09 Å². The molecular formula is C15H17N3O3S. The first-order valence-corrected chi connectivity index (χ1v) is 8.22. The fourth-order valence-electron chi connectivity index (χ4n) is 2.54. The smallest absolute Gasteiger partial charge is 0.410 e. The number of hydrogen-bond donors (Lipinski definition) is 1. The minimum atomic E-state index is -0.330. The Morgan fingerprint density at radius 3 is 2.91 bits per heavy atom. The van der Waals surface area contributed by atoms with Crippen molar-refractivity contribution >= 4 is 28.3 Å². The SMILES string of the molecule is CCOC(=O)N1CCc2c(sc(NC(=O)C3CC3)c2C#N)C1. The molecule has 0 spiro atoms. The molecule has 0 bridgehead atoms. The molecule has 7 heteroatoms. The lowest BCUT2D eigenvalue weighted by Gasteiger charge is -2.25. The maximum Gasteiger partial charge on any atom is 0.410 e. The van der Waals surface area contributed by atoms with Gasteiger partial charge in [0.05, 0.1) is 18.7 Å². The molecule has 1 aromatic rings. The first kappa shape index (κ1) is 14.9. The summed E-state index contributed by atoms with van der Waals surface area (Å²) in [6, 6.07) is 2.20. The summed E-state index contributed by atoms with van der Waals surface area (Å²) >= 11 is 1.40. The zero-order chi connectivity index (χ0) is 15.7. The number of nitrogens with one attached hydrogen (secondary N) is 1. The lowest BCUT2D eigenvalue weighted by molar-refractivity contribution is -0.117. The van der Waals surface area contributed by atoms with Gasteiger partial charge in [-0.05, 0) is 31.7 Å². The van der Waals surface area contributed by atoms with E-state index in [1.807, 2.05) is 0 Å². The van der Waals surface area contributed by atoms with Gasteiger partial charge in [-0.25, -0.2) is 4.79 Å². The minimum Gasteiger partial charge on any atom is -0.450 e. The number of thiophene rings is 1. The molecule has 2 heterocycles. The number of ether oxygens (including phenoxy) is 1. The summed E-state index contributed by atoms with van der Waals surface area (Å²) in [7, 11) is 0. The Balaban J connectivity index is 1.80. The molecule has 1 aromatic heterocycles. The predicted molar refractivity (Wildman–Crippen MR) is 81.5 cm³/mol. The van der Waals surface area contributed by atoms with E-state index in [1.165, 1.54) is 11.3 Å². The van der Waals surface area contributed by atoms with Crippen LogP contribution in [0.25, 0.3) is 0 Å². The molecule has 1 N–H and O–H groups in total. The zero-order valence-electron chi connectivity index (χ0n) is 12.3. The van der Waals surface area contributed by atoms with Gasteiger partial charge in [0.15, 0.2) is 0 Å². The van der Waals surface area contributed by atoms with E-state index in [2.05, 4.69) is 11.4 Å². The van der Waals surface area contributed by atoms with Crippen molar-refractivity contribution in [2.75, 3.05) is 18.5 Å². The Kier molecular flexibility index (Phi) is 4.03. The average molecular weight is 319 g/mol. The van der Waals surface area contributed by atoms with Crippen LogP contribution in [-0.4, -0.2) is 30.1 Å². The Hall–Kier alpha value is -2.07. The van der Waals surface area contributed by atoms with Crippen LogP contribution in [0.3, 0.4) is 0 Å². The monoisotopic (exact) mass is 319 g/mol. The number of rotatable bonds is 3. The molecule has 1 aliphatic heterocycles. The van der Waals surface area contributed by atoms with Gasteiger partial charge in [0.25, 0.3) is 0 Å². The molecule has 22 heavy (non-hydrogen) atoms. The van der Waals surface area contributed by atoms with Gasteiger partial charge in [0, 0.05) is 17.3 Å². The number of hydrogen-bond acceptors (Lipinski definition) is 5. The van der Waals surface area contributed by atoms with Crippen LogP contribution in [0, 0.1) is 17.2 Å². The van der Waals surface area contributed by atoms with Gasteiger partial charge in [0.2, 0.25) is 5.91 Å². The number of nitriles is 1. The summed E-state index contributed by atoms with van der Waals surface area (Å²) in [5.41, 5.74) is 1.51. The first-order chi connectivity index (χ1) is 10.6. The largest absolute Gasteiger partial charge is 0.450 e. The number of carbonyl (C=O) groups excluding carboxylic acids is 2. The van der Waals surface area contributed by atoms with E-state index < -0.39 is 0 Å². The third kappa shape index (κ3) is 2.79. The normalized spacial score (nSPS) is 16.6. The van der Waals surface area contributed by atoms with Gasteiger partial charge in [0.1, 0.15) is 11.1 Å². The van der Waals surface area contributed by atoms with Crippen LogP contribution in [0.4, 0.5) is 9.80 Å². The van der Waals surface area contributed by atoms with E-state index in [1.54, 1.807) is 11.8 Å². The fraction of sp³-hybridized carbons (Fsp3) is 0.533. The second kappa shape index (κ2) is 5.97. The second-order valence-electron chi connectivity index (χ2n) is 5.45. The molecule has 1 saturated carbocycles. The summed E-state index contributed by atoms with van der Waals surface area (Å²) in [6.07, 6.45) is 2.14. The zero-order valence-corrected chi connectivity index (χ0v) is 13.2. The van der Waals surface area contributed by atoms with Crippen LogP contribution >= 0.6 is 11.3 Å². The molecule has 6 nitrogen and oxygen atoms in total. The van der Waals surface area contributed by atoms with Crippen LogP contribution in [0.15, 0.2) is 0 Å². The summed E-state index contributed by atoms with van der Waals surface area (Å²) < 4.78 is 5.02. The van der Waals surface area contributed by atoms with Crippen LogP contribution in [-0.2, 0) is 22.5 Å². The van der Waals surface area contributed by atoms with Crippen molar-refractivity contribution in [3.63, 3.8) is 0 Å². The molecule has 1 fully saturated rings. The number of nitrogens with zero attached hydrogens (tertiary/aromatic N) is 2. The Labute approximate surface area is 132 Å². The molecule has 2 amide bonds. The number of carbonyl (C=O) groups is 2. The molecule has 3 rings (SSSR count). The van der Waals surface area contributed by atoms with E-state index in [0.717, 1.165) is 23.3 Å². The topological polar surface area (TPSA) is 82.4 Å². The van der Waals surface area contributed by atoms with Crippen LogP contribution in [0.1, 0.15) is 35.8 Å². The van der Waals surface area contributed by atoms with Crippen LogP contribution in [0.5, 0.6) is 0 Å².